The van der Waals surface area contributed by atoms with Gasteiger partial charge in [-0.2, -0.15) is 0 Å². The first-order valence-electron chi connectivity index (χ1n) is 9.72. The third-order valence-electron chi connectivity index (χ3n) is 4.72. The van der Waals surface area contributed by atoms with E-state index in [0.29, 0.717) is 13.1 Å². The molecule has 1 aliphatic carbocycles. The first-order valence-corrected chi connectivity index (χ1v) is 9.72. The van der Waals surface area contributed by atoms with E-state index in [1.165, 1.54) is 0 Å². The maximum atomic E-state index is 13.2. The van der Waals surface area contributed by atoms with E-state index in [4.69, 9.17) is 4.42 Å². The maximum Gasteiger partial charge on any atom is 0.318 e. The fourth-order valence-electron chi connectivity index (χ4n) is 3.07. The highest BCUT2D eigenvalue weighted by atomic mass is 16.3. The van der Waals surface area contributed by atoms with E-state index in [9.17, 15) is 9.59 Å². The Morgan fingerprint density at radius 2 is 1.96 bits per heavy atom. The molecule has 1 fully saturated rings. The lowest BCUT2D eigenvalue weighted by molar-refractivity contribution is -0.133. The van der Waals surface area contributed by atoms with Crippen LogP contribution in [0.2, 0.25) is 0 Å². The molecule has 2 heterocycles. The second kappa shape index (κ2) is 8.12. The van der Waals surface area contributed by atoms with Gasteiger partial charge in [0.15, 0.2) is 0 Å². The lowest BCUT2D eigenvalue weighted by Crippen LogP contribution is -2.52. The normalized spacial score (nSPS) is 14.0. The van der Waals surface area contributed by atoms with E-state index in [-0.39, 0.29) is 30.1 Å². The van der Waals surface area contributed by atoms with Gasteiger partial charge in [0.2, 0.25) is 5.91 Å². The quantitative estimate of drug-likeness (QED) is 0.795. The summed E-state index contributed by atoms with van der Waals surface area (Å²) in [6.07, 6.45) is 5.45. The van der Waals surface area contributed by atoms with Gasteiger partial charge in [-0.25, -0.2) is 4.79 Å². The largest absolute Gasteiger partial charge is 0.467 e. The maximum absolute atomic E-state index is 13.2. The molecule has 7 nitrogen and oxygen atoms in total. The van der Waals surface area contributed by atoms with Crippen molar-refractivity contribution in [1.82, 2.24) is 19.7 Å². The Morgan fingerprint density at radius 3 is 2.50 bits per heavy atom. The van der Waals surface area contributed by atoms with Crippen LogP contribution in [0, 0.1) is 0 Å². The highest BCUT2D eigenvalue weighted by molar-refractivity contribution is 5.84. The fraction of sp³-hybridized carbons (Fsp3) is 0.524. The van der Waals surface area contributed by atoms with Gasteiger partial charge in [-0.1, -0.05) is 0 Å². The number of furan rings is 1. The van der Waals surface area contributed by atoms with Gasteiger partial charge < -0.3 is 24.1 Å². The van der Waals surface area contributed by atoms with Crippen LogP contribution in [0.4, 0.5) is 4.79 Å². The Labute approximate surface area is 166 Å². The Balaban J connectivity index is 1.73. The van der Waals surface area contributed by atoms with Crippen LogP contribution >= 0.6 is 0 Å². The van der Waals surface area contributed by atoms with Crippen LogP contribution in [0.25, 0.3) is 0 Å². The zero-order chi connectivity index (χ0) is 20.3. The SMILES string of the molecule is Cn1cccc1CN(Cc1ccco1)C(=O)CN(C(=O)NC(C)(C)C)C1CC1. The number of aryl methyl sites for hydroxylation is 1. The van der Waals surface area contributed by atoms with Crippen molar-refractivity contribution in [1.29, 1.82) is 0 Å². The first kappa shape index (κ1) is 20.0. The first-order chi connectivity index (χ1) is 13.2. The van der Waals surface area contributed by atoms with E-state index in [2.05, 4.69) is 5.32 Å². The molecule has 2 aromatic rings. The van der Waals surface area contributed by atoms with E-state index in [1.807, 2.05) is 62.8 Å². The molecule has 0 spiro atoms. The van der Waals surface area contributed by atoms with Crippen molar-refractivity contribution >= 4 is 11.9 Å². The minimum absolute atomic E-state index is 0.0672. The van der Waals surface area contributed by atoms with Crippen molar-refractivity contribution in [3.8, 4) is 0 Å². The fourth-order valence-corrected chi connectivity index (χ4v) is 3.07. The topological polar surface area (TPSA) is 70.7 Å². The molecule has 1 N–H and O–H groups in total. The standard InChI is InChI=1S/C21H30N4O3/c1-21(2,3)22-20(27)25(16-9-10-16)15-19(26)24(14-18-8-6-12-28-18)13-17-7-5-11-23(17)4/h5-8,11-12,16H,9-10,13-15H2,1-4H3,(H,22,27). The molecule has 0 atom stereocenters. The van der Waals surface area contributed by atoms with Gasteiger partial charge in [-0.15, -0.1) is 0 Å². The van der Waals surface area contributed by atoms with Crippen LogP contribution in [0.5, 0.6) is 0 Å². The molecule has 7 heteroatoms. The van der Waals surface area contributed by atoms with Gasteiger partial charge in [-0.3, -0.25) is 4.79 Å². The van der Waals surface area contributed by atoms with E-state index in [0.717, 1.165) is 24.3 Å². The third-order valence-corrected chi connectivity index (χ3v) is 4.72. The average Bonchev–Trinajstić information content (AvgIpc) is 3.16. The summed E-state index contributed by atoms with van der Waals surface area (Å²) in [6, 6.07) is 7.59. The van der Waals surface area contributed by atoms with Gasteiger partial charge in [0.25, 0.3) is 0 Å². The van der Waals surface area contributed by atoms with Crippen molar-refractivity contribution in [3.05, 3.63) is 48.2 Å². The summed E-state index contributed by atoms with van der Waals surface area (Å²) in [7, 11) is 1.96. The van der Waals surface area contributed by atoms with Gasteiger partial charge in [0.1, 0.15) is 12.3 Å². The minimum Gasteiger partial charge on any atom is -0.467 e. The molecule has 3 amide bonds. The summed E-state index contributed by atoms with van der Waals surface area (Å²) in [5, 5.41) is 2.98. The number of amides is 3. The summed E-state index contributed by atoms with van der Waals surface area (Å²) >= 11 is 0. The van der Waals surface area contributed by atoms with Crippen molar-refractivity contribution in [2.45, 2.75) is 58.3 Å². The molecule has 1 saturated carbocycles. The number of aromatic nitrogens is 1. The molecular weight excluding hydrogens is 356 g/mol. The molecule has 1 aliphatic rings. The van der Waals surface area contributed by atoms with Crippen LogP contribution in [0.1, 0.15) is 45.1 Å². The van der Waals surface area contributed by atoms with Gasteiger partial charge in [0.05, 0.1) is 19.4 Å². The van der Waals surface area contributed by atoms with Crippen LogP contribution in [-0.2, 0) is 24.9 Å². The average molecular weight is 386 g/mol. The molecule has 28 heavy (non-hydrogen) atoms. The number of hydrogen-bond donors (Lipinski definition) is 1. The Kier molecular flexibility index (Phi) is 5.82. The predicted molar refractivity (Wildman–Crippen MR) is 106 cm³/mol. The van der Waals surface area contributed by atoms with E-state index < -0.39 is 0 Å². The summed E-state index contributed by atoms with van der Waals surface area (Å²) in [5.41, 5.74) is 0.682. The molecule has 0 unspecified atom stereocenters. The predicted octanol–water partition coefficient (Wildman–Crippen LogP) is 3.12. The summed E-state index contributed by atoms with van der Waals surface area (Å²) in [4.78, 5) is 29.3. The number of nitrogens with one attached hydrogen (secondary N) is 1. The number of carbonyl (C=O) groups excluding carboxylic acids is 2. The molecule has 0 aliphatic heterocycles. The molecule has 0 bridgehead atoms. The van der Waals surface area contributed by atoms with E-state index in [1.54, 1.807) is 16.1 Å². The van der Waals surface area contributed by atoms with Crippen LogP contribution in [0.3, 0.4) is 0 Å². The molecule has 2 aromatic heterocycles. The molecule has 3 rings (SSSR count). The zero-order valence-electron chi connectivity index (χ0n) is 17.1. The number of hydrogen-bond acceptors (Lipinski definition) is 3. The summed E-state index contributed by atoms with van der Waals surface area (Å²) in [5.74, 6) is 0.633. The number of nitrogens with zero attached hydrogens (tertiary/aromatic N) is 3. The third kappa shape index (κ3) is 5.41. The number of carbonyl (C=O) groups is 2. The van der Waals surface area contributed by atoms with E-state index >= 15 is 0 Å². The van der Waals surface area contributed by atoms with Crippen molar-refractivity contribution < 1.29 is 14.0 Å². The molecule has 0 radical (unpaired) electrons. The second-order valence-electron chi connectivity index (χ2n) is 8.48. The monoisotopic (exact) mass is 386 g/mol. The Morgan fingerprint density at radius 1 is 1.21 bits per heavy atom. The van der Waals surface area contributed by atoms with Crippen LogP contribution in [0.15, 0.2) is 41.1 Å². The number of urea groups is 1. The molecule has 0 saturated heterocycles. The van der Waals surface area contributed by atoms with Crippen LogP contribution < -0.4 is 5.32 Å². The van der Waals surface area contributed by atoms with Crippen molar-refractivity contribution in [3.63, 3.8) is 0 Å². The lowest BCUT2D eigenvalue weighted by atomic mass is 10.1. The molecular formula is C21H30N4O3. The second-order valence-corrected chi connectivity index (χ2v) is 8.48. The lowest BCUT2D eigenvalue weighted by Gasteiger charge is -2.30. The molecule has 0 aromatic carbocycles. The molecule has 152 valence electrons. The summed E-state index contributed by atoms with van der Waals surface area (Å²) < 4.78 is 7.44. The van der Waals surface area contributed by atoms with Crippen molar-refractivity contribution in [2.24, 2.45) is 7.05 Å². The van der Waals surface area contributed by atoms with Crippen molar-refractivity contribution in [2.75, 3.05) is 6.54 Å². The highest BCUT2D eigenvalue weighted by Crippen LogP contribution is 2.27. The highest BCUT2D eigenvalue weighted by Gasteiger charge is 2.36. The Hall–Kier alpha value is -2.70. The summed E-state index contributed by atoms with van der Waals surface area (Å²) in [6.45, 7) is 6.72. The zero-order valence-corrected chi connectivity index (χ0v) is 17.1. The van der Waals surface area contributed by atoms with Gasteiger partial charge >= 0.3 is 6.03 Å². The van der Waals surface area contributed by atoms with Gasteiger partial charge in [0, 0.05) is 30.5 Å². The van der Waals surface area contributed by atoms with Gasteiger partial charge in [-0.05, 0) is 57.9 Å². The van der Waals surface area contributed by atoms with Crippen LogP contribution in [-0.4, -0.2) is 44.4 Å². The number of rotatable bonds is 7. The minimum atomic E-state index is -0.343. The smallest absolute Gasteiger partial charge is 0.318 e. The Bertz CT molecular complexity index is 800.